The van der Waals surface area contributed by atoms with Crippen molar-refractivity contribution in [2.75, 3.05) is 0 Å². The number of fused-ring (bicyclic) bond motifs is 1. The van der Waals surface area contributed by atoms with Crippen LogP contribution in [0.3, 0.4) is 0 Å². The van der Waals surface area contributed by atoms with Gasteiger partial charge in [-0.1, -0.05) is 0 Å². The Balaban J connectivity index is 2.05. The van der Waals surface area contributed by atoms with Gasteiger partial charge in [0.2, 0.25) is 0 Å². The highest BCUT2D eigenvalue weighted by Gasteiger charge is 2.33. The Morgan fingerprint density at radius 3 is 2.70 bits per heavy atom. The molecule has 0 bridgehead atoms. The molecular formula is C14H10F3IN4O. The molecule has 1 aromatic carbocycles. The van der Waals surface area contributed by atoms with Gasteiger partial charge in [-0.05, 0) is 40.8 Å². The van der Waals surface area contributed by atoms with Crippen LogP contribution in [-0.4, -0.2) is 19.7 Å². The lowest BCUT2D eigenvalue weighted by Gasteiger charge is -2.13. The van der Waals surface area contributed by atoms with Crippen LogP contribution >= 0.6 is 22.6 Å². The van der Waals surface area contributed by atoms with Crippen molar-refractivity contribution in [2.24, 2.45) is 7.05 Å². The highest BCUT2D eigenvalue weighted by molar-refractivity contribution is 14.1. The van der Waals surface area contributed by atoms with E-state index in [1.54, 1.807) is 25.2 Å². The summed E-state index contributed by atoms with van der Waals surface area (Å²) >= 11 is 2.08. The van der Waals surface area contributed by atoms with Gasteiger partial charge in [0.15, 0.2) is 5.82 Å². The van der Waals surface area contributed by atoms with Gasteiger partial charge < -0.3 is 4.74 Å². The van der Waals surface area contributed by atoms with Crippen molar-refractivity contribution in [3.05, 3.63) is 45.7 Å². The van der Waals surface area contributed by atoms with E-state index in [1.165, 1.54) is 11.0 Å². The first-order chi connectivity index (χ1) is 10.8. The normalized spacial score (nSPS) is 11.9. The number of hydrogen-bond acceptors (Lipinski definition) is 4. The molecule has 3 aromatic rings. The molecule has 0 N–H and O–H groups in total. The number of rotatable bonds is 3. The first-order valence-electron chi connectivity index (χ1n) is 6.48. The molecule has 0 amide bonds. The Kier molecular flexibility index (Phi) is 4.13. The first kappa shape index (κ1) is 16.0. The molecule has 120 valence electrons. The lowest BCUT2D eigenvalue weighted by Crippen LogP contribution is -2.10. The van der Waals surface area contributed by atoms with Crippen LogP contribution in [-0.2, 0) is 19.8 Å². The molecule has 23 heavy (non-hydrogen) atoms. The summed E-state index contributed by atoms with van der Waals surface area (Å²) in [7, 11) is 1.68. The quantitative estimate of drug-likeness (QED) is 0.592. The van der Waals surface area contributed by atoms with Crippen LogP contribution in [0.15, 0.2) is 30.6 Å². The third-order valence-electron chi connectivity index (χ3n) is 3.19. The number of nitrogens with zero attached hydrogens (tertiary/aromatic N) is 4. The van der Waals surface area contributed by atoms with Gasteiger partial charge in [-0.3, -0.25) is 4.68 Å². The van der Waals surface area contributed by atoms with Gasteiger partial charge in [0, 0.05) is 22.1 Å². The molecule has 0 radical (unpaired) electrons. The standard InChI is InChI=1S/C14H10F3IN4O/c1-22-13(19-7-20-22)6-23-11-5-12(14(15,16)17)21-10-3-2-8(18)4-9(10)11/h2-5,7H,6H2,1H3. The highest BCUT2D eigenvalue weighted by atomic mass is 127. The van der Waals surface area contributed by atoms with Gasteiger partial charge in [0.05, 0.1) is 5.52 Å². The van der Waals surface area contributed by atoms with Crippen molar-refractivity contribution in [3.8, 4) is 5.75 Å². The molecule has 2 aromatic heterocycles. The summed E-state index contributed by atoms with van der Waals surface area (Å²) < 4.78 is 47.0. The van der Waals surface area contributed by atoms with Gasteiger partial charge >= 0.3 is 6.18 Å². The summed E-state index contributed by atoms with van der Waals surface area (Å²) in [5.41, 5.74) is -0.757. The fraction of sp³-hybridized carbons (Fsp3) is 0.214. The number of benzene rings is 1. The van der Waals surface area contributed by atoms with Crippen LogP contribution < -0.4 is 4.74 Å². The van der Waals surface area contributed by atoms with E-state index >= 15 is 0 Å². The monoisotopic (exact) mass is 434 g/mol. The van der Waals surface area contributed by atoms with Crippen LogP contribution in [0, 0.1) is 3.57 Å². The third kappa shape index (κ3) is 3.38. The number of pyridine rings is 1. The van der Waals surface area contributed by atoms with E-state index in [0.717, 1.165) is 9.64 Å². The molecule has 0 aliphatic heterocycles. The molecule has 2 heterocycles. The minimum Gasteiger partial charge on any atom is -0.485 e. The van der Waals surface area contributed by atoms with Crippen LogP contribution in [0.25, 0.3) is 10.9 Å². The van der Waals surface area contributed by atoms with E-state index in [-0.39, 0.29) is 17.9 Å². The minimum atomic E-state index is -4.54. The molecule has 0 aliphatic rings. The van der Waals surface area contributed by atoms with Crippen molar-refractivity contribution in [1.29, 1.82) is 0 Å². The first-order valence-corrected chi connectivity index (χ1v) is 7.55. The molecule has 0 atom stereocenters. The van der Waals surface area contributed by atoms with Gasteiger partial charge in [-0.15, -0.1) is 0 Å². The van der Waals surface area contributed by atoms with Gasteiger partial charge in [-0.2, -0.15) is 18.3 Å². The summed E-state index contributed by atoms with van der Waals surface area (Å²) in [6.45, 7) is 0.0123. The van der Waals surface area contributed by atoms with Crippen molar-refractivity contribution >= 4 is 33.5 Å². The van der Waals surface area contributed by atoms with Crippen molar-refractivity contribution in [2.45, 2.75) is 12.8 Å². The molecule has 0 unspecified atom stereocenters. The summed E-state index contributed by atoms with van der Waals surface area (Å²) in [5, 5.41) is 4.41. The molecule has 3 rings (SSSR count). The predicted octanol–water partition coefficient (Wildman–Crippen LogP) is 3.57. The number of alkyl halides is 3. The van der Waals surface area contributed by atoms with E-state index in [9.17, 15) is 13.2 Å². The predicted molar refractivity (Wildman–Crippen MR) is 84.8 cm³/mol. The topological polar surface area (TPSA) is 52.8 Å². The molecular weight excluding hydrogens is 424 g/mol. The molecule has 0 fully saturated rings. The van der Waals surface area contributed by atoms with Gasteiger partial charge in [-0.25, -0.2) is 9.97 Å². The summed E-state index contributed by atoms with van der Waals surface area (Å²) in [4.78, 5) is 7.66. The van der Waals surface area contributed by atoms with E-state index < -0.39 is 11.9 Å². The molecule has 0 spiro atoms. The lowest BCUT2D eigenvalue weighted by molar-refractivity contribution is -0.141. The molecule has 0 saturated heterocycles. The number of hydrogen-bond donors (Lipinski definition) is 0. The summed E-state index contributed by atoms with van der Waals surface area (Å²) in [5.74, 6) is 0.623. The number of aromatic nitrogens is 4. The van der Waals surface area contributed by atoms with Crippen LogP contribution in [0.1, 0.15) is 11.5 Å². The Morgan fingerprint density at radius 2 is 2.04 bits per heavy atom. The van der Waals surface area contributed by atoms with Crippen LogP contribution in [0.2, 0.25) is 0 Å². The largest absolute Gasteiger partial charge is 0.485 e. The van der Waals surface area contributed by atoms with Gasteiger partial charge in [0.25, 0.3) is 0 Å². The van der Waals surface area contributed by atoms with E-state index in [0.29, 0.717) is 11.2 Å². The van der Waals surface area contributed by atoms with Crippen LogP contribution in [0.5, 0.6) is 5.75 Å². The van der Waals surface area contributed by atoms with Crippen molar-refractivity contribution in [3.63, 3.8) is 0 Å². The van der Waals surface area contributed by atoms with Gasteiger partial charge in [0.1, 0.15) is 24.4 Å². The van der Waals surface area contributed by atoms with E-state index in [4.69, 9.17) is 4.74 Å². The smallest absolute Gasteiger partial charge is 0.433 e. The molecule has 0 aliphatic carbocycles. The maximum absolute atomic E-state index is 13.0. The average molecular weight is 434 g/mol. The minimum absolute atomic E-state index is 0.0123. The highest BCUT2D eigenvalue weighted by Crippen LogP contribution is 2.35. The maximum Gasteiger partial charge on any atom is 0.433 e. The van der Waals surface area contributed by atoms with Crippen molar-refractivity contribution < 1.29 is 17.9 Å². The number of aryl methyl sites for hydroxylation is 1. The number of halogens is 4. The maximum atomic E-state index is 13.0. The Morgan fingerprint density at radius 1 is 1.26 bits per heavy atom. The zero-order valence-electron chi connectivity index (χ0n) is 11.8. The Labute approximate surface area is 142 Å². The van der Waals surface area contributed by atoms with E-state index in [2.05, 4.69) is 37.7 Å². The third-order valence-corrected chi connectivity index (χ3v) is 3.86. The molecule has 5 nitrogen and oxygen atoms in total. The molecule has 0 saturated carbocycles. The number of ether oxygens (including phenoxy) is 1. The van der Waals surface area contributed by atoms with Crippen LogP contribution in [0.4, 0.5) is 13.2 Å². The zero-order chi connectivity index (χ0) is 16.6. The summed E-state index contributed by atoms with van der Waals surface area (Å²) in [6, 6.07) is 5.88. The Hall–Kier alpha value is -1.91. The SMILES string of the molecule is Cn1ncnc1COc1cc(C(F)(F)F)nc2ccc(I)cc12. The molecule has 9 heteroatoms. The second-order valence-electron chi connectivity index (χ2n) is 4.75. The second-order valence-corrected chi connectivity index (χ2v) is 6.00. The summed E-state index contributed by atoms with van der Waals surface area (Å²) in [6.07, 6.45) is -3.19. The second kappa shape index (κ2) is 5.95. The zero-order valence-corrected chi connectivity index (χ0v) is 14.0. The Bertz CT molecular complexity index is 863. The average Bonchev–Trinajstić information content (AvgIpc) is 2.89. The fourth-order valence-electron chi connectivity index (χ4n) is 2.02. The van der Waals surface area contributed by atoms with E-state index in [1.807, 2.05) is 0 Å². The van der Waals surface area contributed by atoms with Crippen molar-refractivity contribution in [1.82, 2.24) is 19.7 Å². The fourth-order valence-corrected chi connectivity index (χ4v) is 2.52. The lowest BCUT2D eigenvalue weighted by atomic mass is 10.2.